The van der Waals surface area contributed by atoms with Gasteiger partial charge in [0.2, 0.25) is 0 Å². The number of halogens is 3. The highest BCUT2D eigenvalue weighted by Crippen LogP contribution is 2.33. The summed E-state index contributed by atoms with van der Waals surface area (Å²) >= 11 is 0. The number of piperidine rings is 1. The Morgan fingerprint density at radius 1 is 1.00 bits per heavy atom. The molecule has 5 rings (SSSR count). The zero-order valence-electron chi connectivity index (χ0n) is 16.9. The SMILES string of the molecule is O=C(c1ccc2c(-c3cc4cc[nH]c(=O)c4cn3)c(F)ccc2c1)N1CCC(F)(F)CC1. The van der Waals surface area contributed by atoms with Gasteiger partial charge in [-0.15, -0.1) is 0 Å². The van der Waals surface area contributed by atoms with Crippen LogP contribution in [0.2, 0.25) is 0 Å². The number of hydrogen-bond donors (Lipinski definition) is 1. The lowest BCUT2D eigenvalue weighted by Crippen LogP contribution is -2.42. The maximum absolute atomic E-state index is 14.9. The molecule has 1 amide bonds. The maximum atomic E-state index is 14.9. The van der Waals surface area contributed by atoms with Crippen molar-refractivity contribution < 1.29 is 18.0 Å². The Kier molecular flexibility index (Phi) is 4.73. The van der Waals surface area contributed by atoms with Crippen LogP contribution in [-0.4, -0.2) is 39.8 Å². The fraction of sp³-hybridized carbons (Fsp3) is 0.208. The average molecular weight is 437 g/mol. The predicted octanol–water partition coefficient (Wildman–Crippen LogP) is 4.75. The van der Waals surface area contributed by atoms with E-state index < -0.39 is 11.7 Å². The Morgan fingerprint density at radius 3 is 2.53 bits per heavy atom. The van der Waals surface area contributed by atoms with Crippen LogP contribution in [0.5, 0.6) is 0 Å². The van der Waals surface area contributed by atoms with E-state index in [1.807, 2.05) is 0 Å². The summed E-state index contributed by atoms with van der Waals surface area (Å²) in [5.41, 5.74) is 0.710. The Hall–Kier alpha value is -3.68. The number of rotatable bonds is 2. The lowest BCUT2D eigenvalue weighted by atomic mass is 9.97. The third-order valence-corrected chi connectivity index (χ3v) is 5.91. The number of aromatic nitrogens is 2. The van der Waals surface area contributed by atoms with Crippen molar-refractivity contribution >= 4 is 27.5 Å². The molecule has 0 saturated carbocycles. The minimum atomic E-state index is -2.73. The summed E-state index contributed by atoms with van der Waals surface area (Å²) < 4.78 is 41.7. The number of carbonyl (C=O) groups is 1. The van der Waals surface area contributed by atoms with E-state index in [2.05, 4.69) is 9.97 Å². The number of pyridine rings is 2. The van der Waals surface area contributed by atoms with Crippen LogP contribution in [0.3, 0.4) is 0 Å². The molecule has 8 heteroatoms. The summed E-state index contributed by atoms with van der Waals surface area (Å²) in [6, 6.07) is 11.1. The van der Waals surface area contributed by atoms with Crippen LogP contribution in [0.4, 0.5) is 13.2 Å². The van der Waals surface area contributed by atoms with Gasteiger partial charge in [-0.25, -0.2) is 13.2 Å². The van der Waals surface area contributed by atoms with Gasteiger partial charge in [-0.2, -0.15) is 0 Å². The standard InChI is InChI=1S/C24H18F3N3O2/c25-19-4-2-14-11-16(23(32)30-9-6-24(26,27)7-10-30)1-3-17(14)21(19)20-12-15-5-8-28-22(31)18(15)13-29-20/h1-5,8,11-13H,6-7,9-10H2,(H,28,31). The maximum Gasteiger partial charge on any atom is 0.257 e. The molecular formula is C24H18F3N3O2. The molecule has 2 aromatic heterocycles. The highest BCUT2D eigenvalue weighted by atomic mass is 19.3. The summed E-state index contributed by atoms with van der Waals surface area (Å²) in [7, 11) is 0. The molecule has 1 aliphatic rings. The second kappa shape index (κ2) is 7.47. The first-order chi connectivity index (χ1) is 15.3. The van der Waals surface area contributed by atoms with Crippen LogP contribution in [0.1, 0.15) is 23.2 Å². The summed E-state index contributed by atoms with van der Waals surface area (Å²) in [5.74, 6) is -3.53. The molecule has 2 aromatic carbocycles. The van der Waals surface area contributed by atoms with E-state index in [4.69, 9.17) is 0 Å². The zero-order chi connectivity index (χ0) is 22.5. The molecule has 1 N–H and O–H groups in total. The number of carbonyl (C=O) groups excluding carboxylic acids is 1. The van der Waals surface area contributed by atoms with E-state index in [0.717, 1.165) is 0 Å². The van der Waals surface area contributed by atoms with Crippen molar-refractivity contribution in [3.63, 3.8) is 0 Å². The molecule has 0 spiro atoms. The van der Waals surface area contributed by atoms with Crippen molar-refractivity contribution in [2.24, 2.45) is 0 Å². The average Bonchev–Trinajstić information content (AvgIpc) is 2.78. The normalized spacial score (nSPS) is 15.9. The van der Waals surface area contributed by atoms with Crippen molar-refractivity contribution in [2.75, 3.05) is 13.1 Å². The largest absolute Gasteiger partial charge is 0.338 e. The molecule has 3 heterocycles. The number of fused-ring (bicyclic) bond motifs is 2. The lowest BCUT2D eigenvalue weighted by molar-refractivity contribution is -0.0494. The zero-order valence-corrected chi connectivity index (χ0v) is 16.9. The second-order valence-electron chi connectivity index (χ2n) is 7.97. The van der Waals surface area contributed by atoms with Gasteiger partial charge in [-0.05, 0) is 46.5 Å². The first-order valence-electron chi connectivity index (χ1n) is 10.2. The van der Waals surface area contributed by atoms with Crippen LogP contribution < -0.4 is 5.56 Å². The molecule has 1 saturated heterocycles. The number of alkyl halides is 2. The van der Waals surface area contributed by atoms with Gasteiger partial charge in [0.15, 0.2) is 0 Å². The molecule has 162 valence electrons. The Labute approximate surface area is 180 Å². The van der Waals surface area contributed by atoms with Gasteiger partial charge >= 0.3 is 0 Å². The quantitative estimate of drug-likeness (QED) is 0.492. The minimum Gasteiger partial charge on any atom is -0.338 e. The van der Waals surface area contributed by atoms with Gasteiger partial charge in [0.05, 0.1) is 11.1 Å². The molecule has 5 nitrogen and oxygen atoms in total. The monoisotopic (exact) mass is 437 g/mol. The van der Waals surface area contributed by atoms with Gasteiger partial charge < -0.3 is 9.88 Å². The molecule has 1 fully saturated rings. The molecular weight excluding hydrogens is 419 g/mol. The first kappa shape index (κ1) is 20.2. The van der Waals surface area contributed by atoms with Gasteiger partial charge in [0, 0.05) is 49.5 Å². The number of likely N-dealkylation sites (tertiary alicyclic amines) is 1. The minimum absolute atomic E-state index is 0.00131. The van der Waals surface area contributed by atoms with Crippen LogP contribution in [0.15, 0.2) is 59.7 Å². The Balaban J connectivity index is 1.55. The number of benzene rings is 2. The number of nitrogens with one attached hydrogen (secondary N) is 1. The van der Waals surface area contributed by atoms with E-state index in [1.165, 1.54) is 23.4 Å². The number of nitrogens with zero attached hydrogens (tertiary/aromatic N) is 2. The van der Waals surface area contributed by atoms with Crippen LogP contribution >= 0.6 is 0 Å². The Bertz CT molecular complexity index is 1420. The number of aromatic amines is 1. The smallest absolute Gasteiger partial charge is 0.257 e. The van der Waals surface area contributed by atoms with Crippen molar-refractivity contribution in [3.8, 4) is 11.3 Å². The van der Waals surface area contributed by atoms with E-state index in [9.17, 15) is 22.8 Å². The summed E-state index contributed by atoms with van der Waals surface area (Å²) in [5, 5.41) is 2.21. The molecule has 0 radical (unpaired) electrons. The summed E-state index contributed by atoms with van der Waals surface area (Å²) in [6.45, 7) is -0.00262. The molecule has 32 heavy (non-hydrogen) atoms. The third-order valence-electron chi connectivity index (χ3n) is 5.91. The van der Waals surface area contributed by atoms with E-state index >= 15 is 0 Å². The molecule has 1 aliphatic heterocycles. The molecule has 0 atom stereocenters. The molecule has 0 aliphatic carbocycles. The second-order valence-corrected chi connectivity index (χ2v) is 7.97. The summed E-state index contributed by atoms with van der Waals surface area (Å²) in [6.07, 6.45) is 2.23. The summed E-state index contributed by atoms with van der Waals surface area (Å²) in [4.78, 5) is 33.0. The van der Waals surface area contributed by atoms with Crippen molar-refractivity contribution in [3.05, 3.63) is 76.6 Å². The van der Waals surface area contributed by atoms with E-state index in [1.54, 1.807) is 36.4 Å². The fourth-order valence-electron chi connectivity index (χ4n) is 4.14. The highest BCUT2D eigenvalue weighted by molar-refractivity contribution is 6.03. The number of amides is 1. The predicted molar refractivity (Wildman–Crippen MR) is 115 cm³/mol. The number of hydrogen-bond acceptors (Lipinski definition) is 3. The van der Waals surface area contributed by atoms with Gasteiger partial charge in [0.25, 0.3) is 17.4 Å². The molecule has 0 unspecified atom stereocenters. The van der Waals surface area contributed by atoms with Crippen molar-refractivity contribution in [1.29, 1.82) is 0 Å². The van der Waals surface area contributed by atoms with Crippen LogP contribution in [0, 0.1) is 5.82 Å². The van der Waals surface area contributed by atoms with Gasteiger partial charge in [-0.3, -0.25) is 14.6 Å². The third kappa shape index (κ3) is 3.51. The molecule has 0 bridgehead atoms. The molecule has 4 aromatic rings. The van der Waals surface area contributed by atoms with Crippen LogP contribution in [-0.2, 0) is 0 Å². The van der Waals surface area contributed by atoms with E-state index in [0.29, 0.717) is 32.8 Å². The topological polar surface area (TPSA) is 66.1 Å². The highest BCUT2D eigenvalue weighted by Gasteiger charge is 2.35. The van der Waals surface area contributed by atoms with Crippen LogP contribution in [0.25, 0.3) is 32.8 Å². The van der Waals surface area contributed by atoms with Crippen molar-refractivity contribution in [1.82, 2.24) is 14.9 Å². The van der Waals surface area contributed by atoms with Gasteiger partial charge in [-0.1, -0.05) is 12.1 Å². The van der Waals surface area contributed by atoms with E-state index in [-0.39, 0.29) is 43.0 Å². The lowest BCUT2D eigenvalue weighted by Gasteiger charge is -2.31. The Morgan fingerprint density at radius 2 is 1.75 bits per heavy atom. The number of H-pyrrole nitrogens is 1. The van der Waals surface area contributed by atoms with Crippen molar-refractivity contribution in [2.45, 2.75) is 18.8 Å². The first-order valence-corrected chi connectivity index (χ1v) is 10.2. The van der Waals surface area contributed by atoms with Gasteiger partial charge in [0.1, 0.15) is 5.82 Å². The fourth-order valence-corrected chi connectivity index (χ4v) is 4.14.